The van der Waals surface area contributed by atoms with E-state index in [0.717, 1.165) is 27.5 Å². The predicted molar refractivity (Wildman–Crippen MR) is 118 cm³/mol. The lowest BCUT2D eigenvalue weighted by Gasteiger charge is -2.21. The van der Waals surface area contributed by atoms with Crippen LogP contribution < -0.4 is 0 Å². The summed E-state index contributed by atoms with van der Waals surface area (Å²) in [6.07, 6.45) is 0. The molecule has 3 rings (SSSR count). The number of thioether (sulfide) groups is 1. The van der Waals surface area contributed by atoms with Gasteiger partial charge in [-0.05, 0) is 45.0 Å². The van der Waals surface area contributed by atoms with Gasteiger partial charge < -0.3 is 4.90 Å². The van der Waals surface area contributed by atoms with Crippen molar-refractivity contribution in [2.75, 3.05) is 7.05 Å². The summed E-state index contributed by atoms with van der Waals surface area (Å²) < 4.78 is 1.90. The van der Waals surface area contributed by atoms with E-state index in [2.05, 4.69) is 5.10 Å². The summed E-state index contributed by atoms with van der Waals surface area (Å²) in [6, 6.07) is 16.2. The molecule has 30 heavy (non-hydrogen) atoms. The Morgan fingerprint density at radius 2 is 1.80 bits per heavy atom. The smallest absolute Gasteiger partial charge is 0.269 e. The number of amides is 1. The number of aryl methyl sites for hydroxylation is 1. The van der Waals surface area contributed by atoms with E-state index < -0.39 is 4.92 Å². The molecule has 1 atom stereocenters. The van der Waals surface area contributed by atoms with Gasteiger partial charge in [-0.15, -0.1) is 11.8 Å². The molecule has 0 saturated carbocycles. The van der Waals surface area contributed by atoms with Gasteiger partial charge in [-0.25, -0.2) is 4.68 Å². The maximum absolute atomic E-state index is 12.9. The number of benzene rings is 2. The third-order valence-corrected chi connectivity index (χ3v) is 6.02. The minimum atomic E-state index is -0.433. The van der Waals surface area contributed by atoms with Crippen LogP contribution in [0.2, 0.25) is 0 Å². The van der Waals surface area contributed by atoms with Crippen LogP contribution in [-0.4, -0.2) is 37.8 Å². The van der Waals surface area contributed by atoms with Crippen molar-refractivity contribution in [3.8, 4) is 5.69 Å². The van der Waals surface area contributed by atoms with E-state index in [1.165, 1.54) is 23.9 Å². The Kier molecular flexibility index (Phi) is 6.56. The Morgan fingerprint density at radius 1 is 1.17 bits per heavy atom. The number of carbonyl (C=O) groups is 1. The largest absolute Gasteiger partial charge is 0.340 e. The quantitative estimate of drug-likeness (QED) is 0.316. The number of non-ortho nitro benzene ring substituents is 1. The lowest BCUT2D eigenvalue weighted by atomic mass is 10.2. The second-order valence-electron chi connectivity index (χ2n) is 7.10. The van der Waals surface area contributed by atoms with Crippen LogP contribution in [-0.2, 0) is 11.3 Å². The number of hydrogen-bond acceptors (Lipinski definition) is 5. The molecule has 0 aliphatic rings. The summed E-state index contributed by atoms with van der Waals surface area (Å²) in [7, 11) is 1.79. The highest BCUT2D eigenvalue weighted by atomic mass is 32.2. The minimum absolute atomic E-state index is 0.00962. The zero-order valence-electron chi connectivity index (χ0n) is 17.4. The van der Waals surface area contributed by atoms with Crippen molar-refractivity contribution < 1.29 is 9.72 Å². The van der Waals surface area contributed by atoms with E-state index in [0.29, 0.717) is 6.54 Å². The first-order chi connectivity index (χ1) is 14.3. The van der Waals surface area contributed by atoms with Crippen molar-refractivity contribution in [2.45, 2.75) is 37.5 Å². The van der Waals surface area contributed by atoms with E-state index in [1.807, 2.05) is 55.8 Å². The van der Waals surface area contributed by atoms with Crippen LogP contribution in [0.4, 0.5) is 5.69 Å². The summed E-state index contributed by atoms with van der Waals surface area (Å²) >= 11 is 1.39. The van der Waals surface area contributed by atoms with Gasteiger partial charge in [0.2, 0.25) is 5.91 Å². The summed E-state index contributed by atoms with van der Waals surface area (Å²) in [5.74, 6) is -0.00962. The molecule has 1 heterocycles. The van der Waals surface area contributed by atoms with Crippen molar-refractivity contribution in [1.82, 2.24) is 14.7 Å². The molecule has 0 radical (unpaired) electrons. The summed E-state index contributed by atoms with van der Waals surface area (Å²) in [4.78, 5) is 25.8. The summed E-state index contributed by atoms with van der Waals surface area (Å²) in [5.41, 5.74) is 3.96. The minimum Gasteiger partial charge on any atom is -0.340 e. The predicted octanol–water partition coefficient (Wildman–Crippen LogP) is 4.54. The molecule has 0 aliphatic heterocycles. The van der Waals surface area contributed by atoms with E-state index >= 15 is 0 Å². The topological polar surface area (TPSA) is 81.3 Å². The molecule has 0 fully saturated rings. The molecule has 1 amide bonds. The average molecular weight is 425 g/mol. The highest BCUT2D eigenvalue weighted by Gasteiger charge is 2.22. The van der Waals surface area contributed by atoms with Crippen LogP contribution in [0.15, 0.2) is 59.5 Å². The van der Waals surface area contributed by atoms with Crippen LogP contribution >= 0.6 is 11.8 Å². The molecular weight excluding hydrogens is 400 g/mol. The molecule has 8 heteroatoms. The second-order valence-corrected chi connectivity index (χ2v) is 8.52. The van der Waals surface area contributed by atoms with Gasteiger partial charge in [0.15, 0.2) is 0 Å². The lowest BCUT2D eigenvalue weighted by molar-refractivity contribution is -0.384. The Morgan fingerprint density at radius 3 is 2.40 bits per heavy atom. The summed E-state index contributed by atoms with van der Waals surface area (Å²) in [6.45, 7) is 6.28. The molecule has 156 valence electrons. The zero-order valence-corrected chi connectivity index (χ0v) is 18.2. The zero-order chi connectivity index (χ0) is 21.8. The normalized spacial score (nSPS) is 11.9. The molecule has 0 saturated heterocycles. The van der Waals surface area contributed by atoms with E-state index in [9.17, 15) is 14.9 Å². The second kappa shape index (κ2) is 9.13. The molecule has 3 aromatic rings. The van der Waals surface area contributed by atoms with Gasteiger partial charge in [-0.1, -0.05) is 18.2 Å². The molecule has 0 aliphatic carbocycles. The van der Waals surface area contributed by atoms with Crippen molar-refractivity contribution in [2.24, 2.45) is 0 Å². The van der Waals surface area contributed by atoms with Gasteiger partial charge in [0, 0.05) is 41.9 Å². The highest BCUT2D eigenvalue weighted by molar-refractivity contribution is 8.00. The van der Waals surface area contributed by atoms with Gasteiger partial charge >= 0.3 is 0 Å². The molecule has 0 N–H and O–H groups in total. The first-order valence-corrected chi connectivity index (χ1v) is 10.4. The van der Waals surface area contributed by atoms with Crippen LogP contribution in [0.3, 0.4) is 0 Å². The molecule has 1 unspecified atom stereocenters. The summed E-state index contributed by atoms with van der Waals surface area (Å²) in [5, 5.41) is 15.1. The number of rotatable bonds is 7. The maximum Gasteiger partial charge on any atom is 0.269 e. The van der Waals surface area contributed by atoms with E-state index in [4.69, 9.17) is 0 Å². The SMILES string of the molecule is Cc1nn(-c2ccccc2)c(C)c1CN(C)C(=O)C(C)Sc1ccc([N+](=O)[O-])cc1. The van der Waals surface area contributed by atoms with Crippen molar-refractivity contribution >= 4 is 23.4 Å². The maximum atomic E-state index is 12.9. The number of nitro benzene ring substituents is 1. The Bertz CT molecular complexity index is 1050. The lowest BCUT2D eigenvalue weighted by Crippen LogP contribution is -2.33. The van der Waals surface area contributed by atoms with Crippen LogP contribution in [0.1, 0.15) is 23.9 Å². The van der Waals surface area contributed by atoms with Crippen molar-refractivity contribution in [3.05, 3.63) is 81.7 Å². The van der Waals surface area contributed by atoms with E-state index in [1.54, 1.807) is 24.1 Å². The van der Waals surface area contributed by atoms with Gasteiger partial charge in [0.05, 0.1) is 21.6 Å². The number of carbonyl (C=O) groups excluding carboxylic acids is 1. The number of nitro groups is 1. The third-order valence-electron chi connectivity index (χ3n) is 4.92. The Hall–Kier alpha value is -3.13. The van der Waals surface area contributed by atoms with Gasteiger partial charge in [-0.2, -0.15) is 5.10 Å². The van der Waals surface area contributed by atoms with Gasteiger partial charge in [0.25, 0.3) is 5.69 Å². The standard InChI is InChI=1S/C22H24N4O3S/c1-15-21(16(2)25(23-15)18-8-6-5-7-9-18)14-24(4)22(27)17(3)30-20-12-10-19(11-13-20)26(28)29/h5-13,17H,14H2,1-4H3. The van der Waals surface area contributed by atoms with Gasteiger partial charge in [-0.3, -0.25) is 14.9 Å². The van der Waals surface area contributed by atoms with Crippen LogP contribution in [0.5, 0.6) is 0 Å². The Labute approximate surface area is 179 Å². The highest BCUT2D eigenvalue weighted by Crippen LogP contribution is 2.27. The molecule has 0 spiro atoms. The molecule has 1 aromatic heterocycles. The number of nitrogens with zero attached hydrogens (tertiary/aromatic N) is 4. The first kappa shape index (κ1) is 21.6. The van der Waals surface area contributed by atoms with Gasteiger partial charge in [0.1, 0.15) is 0 Å². The monoisotopic (exact) mass is 424 g/mol. The number of hydrogen-bond donors (Lipinski definition) is 0. The molecule has 2 aromatic carbocycles. The molecule has 7 nitrogen and oxygen atoms in total. The number of aromatic nitrogens is 2. The Balaban J connectivity index is 1.69. The third kappa shape index (κ3) is 4.71. The van der Waals surface area contributed by atoms with Crippen molar-refractivity contribution in [3.63, 3.8) is 0 Å². The number of para-hydroxylation sites is 1. The fourth-order valence-electron chi connectivity index (χ4n) is 3.25. The van der Waals surface area contributed by atoms with Crippen molar-refractivity contribution in [1.29, 1.82) is 0 Å². The molecular formula is C22H24N4O3S. The fraction of sp³-hybridized carbons (Fsp3) is 0.273. The fourth-order valence-corrected chi connectivity index (χ4v) is 4.23. The first-order valence-electron chi connectivity index (χ1n) is 9.54. The van der Waals surface area contributed by atoms with E-state index in [-0.39, 0.29) is 16.8 Å². The molecule has 0 bridgehead atoms. The van der Waals surface area contributed by atoms with Crippen LogP contribution in [0, 0.1) is 24.0 Å². The van der Waals surface area contributed by atoms with Crippen LogP contribution in [0.25, 0.3) is 5.69 Å². The average Bonchev–Trinajstić information content (AvgIpc) is 3.02.